The first kappa shape index (κ1) is 27.5. The number of carbonyl (C=O) groups excluding carboxylic acids is 3. The minimum atomic E-state index is -4.90. The molecule has 1 unspecified atom stereocenters. The van der Waals surface area contributed by atoms with Gasteiger partial charge in [-0.25, -0.2) is 9.59 Å². The van der Waals surface area contributed by atoms with Crippen LogP contribution in [0, 0.1) is 0 Å². The molecule has 0 aromatic heterocycles. The van der Waals surface area contributed by atoms with Crippen LogP contribution in [0.2, 0.25) is 0 Å². The summed E-state index contributed by atoms with van der Waals surface area (Å²) in [5.74, 6) is -2.08. The third-order valence-corrected chi connectivity index (χ3v) is 6.21. The molecule has 11 heteroatoms. The molecular weight excluding hydrogens is 517 g/mol. The van der Waals surface area contributed by atoms with Crippen LogP contribution in [0.1, 0.15) is 34.0 Å². The number of ether oxygens (including phenoxy) is 3. The predicted molar refractivity (Wildman–Crippen MR) is 134 cm³/mol. The lowest BCUT2D eigenvalue weighted by Crippen LogP contribution is -2.54. The highest BCUT2D eigenvalue weighted by Crippen LogP contribution is 2.46. The second kappa shape index (κ2) is 11.1. The summed E-state index contributed by atoms with van der Waals surface area (Å²) in [6, 6.07) is 18.9. The number of fused-ring (bicyclic) bond motifs is 1. The van der Waals surface area contributed by atoms with Gasteiger partial charge in [0.05, 0.1) is 23.9 Å². The molecule has 0 fully saturated rings. The maximum Gasteiger partial charge on any atom is 0.417 e. The largest absolute Gasteiger partial charge is 0.471 e. The Morgan fingerprint density at radius 3 is 2.28 bits per heavy atom. The number of halogens is 3. The molecule has 1 atom stereocenters. The Morgan fingerprint density at radius 1 is 1.03 bits per heavy atom. The first-order chi connectivity index (χ1) is 18.5. The summed E-state index contributed by atoms with van der Waals surface area (Å²) >= 11 is 0. The molecule has 0 saturated heterocycles. The number of alkyl carbamates (subject to hydrolysis) is 1. The SMILES string of the molecule is COC(=O)c1cc2c(cc1C(F)(F)F)OC(C)(c1ccccc1)C(=O)N2CCNC(=O)OCc1ccccc1. The van der Waals surface area contributed by atoms with Crippen molar-refractivity contribution in [2.24, 2.45) is 0 Å². The molecule has 0 radical (unpaired) electrons. The number of esters is 1. The van der Waals surface area contributed by atoms with Gasteiger partial charge in [-0.05, 0) is 24.6 Å². The van der Waals surface area contributed by atoms with Crippen LogP contribution in [0.3, 0.4) is 0 Å². The molecule has 3 aromatic rings. The fourth-order valence-corrected chi connectivity index (χ4v) is 4.21. The highest BCUT2D eigenvalue weighted by atomic mass is 19.4. The summed E-state index contributed by atoms with van der Waals surface area (Å²) in [4.78, 5) is 39.4. The van der Waals surface area contributed by atoms with E-state index in [-0.39, 0.29) is 31.1 Å². The van der Waals surface area contributed by atoms with E-state index < -0.39 is 40.9 Å². The summed E-state index contributed by atoms with van der Waals surface area (Å²) in [6.45, 7) is 1.23. The van der Waals surface area contributed by atoms with E-state index in [1.165, 1.54) is 11.8 Å². The predicted octanol–water partition coefficient (Wildman–Crippen LogP) is 5.06. The van der Waals surface area contributed by atoms with Crippen molar-refractivity contribution in [2.45, 2.75) is 25.3 Å². The lowest BCUT2D eigenvalue weighted by molar-refractivity contribution is -0.138. The van der Waals surface area contributed by atoms with Gasteiger partial charge in [-0.15, -0.1) is 0 Å². The number of nitrogens with zero attached hydrogens (tertiary/aromatic N) is 1. The maximum atomic E-state index is 13.9. The first-order valence-corrected chi connectivity index (χ1v) is 11.9. The van der Waals surface area contributed by atoms with Crippen LogP contribution in [0.25, 0.3) is 0 Å². The summed E-state index contributed by atoms with van der Waals surface area (Å²) < 4.78 is 57.3. The van der Waals surface area contributed by atoms with Gasteiger partial charge in [0.2, 0.25) is 5.60 Å². The Bertz CT molecular complexity index is 1360. The zero-order valence-electron chi connectivity index (χ0n) is 21.1. The number of nitrogens with one attached hydrogen (secondary N) is 1. The van der Waals surface area contributed by atoms with Crippen molar-refractivity contribution in [2.75, 3.05) is 25.1 Å². The van der Waals surface area contributed by atoms with E-state index in [1.54, 1.807) is 54.6 Å². The summed E-state index contributed by atoms with van der Waals surface area (Å²) in [6.07, 6.45) is -5.64. The molecule has 1 aliphatic rings. The van der Waals surface area contributed by atoms with Crippen LogP contribution in [-0.4, -0.2) is 38.2 Å². The second-order valence-electron chi connectivity index (χ2n) is 8.80. The molecule has 1 N–H and O–H groups in total. The molecule has 8 nitrogen and oxygen atoms in total. The average Bonchev–Trinajstić information content (AvgIpc) is 2.93. The van der Waals surface area contributed by atoms with Crippen LogP contribution in [0.4, 0.5) is 23.7 Å². The second-order valence-corrected chi connectivity index (χ2v) is 8.80. The normalized spacial score (nSPS) is 16.6. The molecule has 0 aliphatic carbocycles. The Kier molecular flexibility index (Phi) is 7.80. The van der Waals surface area contributed by atoms with E-state index in [0.717, 1.165) is 18.7 Å². The molecule has 39 heavy (non-hydrogen) atoms. The number of anilines is 1. The van der Waals surface area contributed by atoms with Crippen molar-refractivity contribution < 1.29 is 41.8 Å². The Balaban J connectivity index is 1.65. The number of amides is 2. The third kappa shape index (κ3) is 5.82. The third-order valence-electron chi connectivity index (χ3n) is 6.21. The van der Waals surface area contributed by atoms with Gasteiger partial charge < -0.3 is 24.4 Å². The number of hydrogen-bond donors (Lipinski definition) is 1. The molecule has 2 amide bonds. The fraction of sp³-hybridized carbons (Fsp3) is 0.250. The van der Waals surface area contributed by atoms with Gasteiger partial charge in [-0.1, -0.05) is 60.7 Å². The van der Waals surface area contributed by atoms with Gasteiger partial charge in [-0.2, -0.15) is 13.2 Å². The van der Waals surface area contributed by atoms with Crippen molar-refractivity contribution in [3.63, 3.8) is 0 Å². The zero-order valence-corrected chi connectivity index (χ0v) is 21.1. The number of hydrogen-bond acceptors (Lipinski definition) is 6. The van der Waals surface area contributed by atoms with Crippen LogP contribution >= 0.6 is 0 Å². The van der Waals surface area contributed by atoms with Crippen molar-refractivity contribution in [1.82, 2.24) is 5.32 Å². The van der Waals surface area contributed by atoms with Crippen LogP contribution in [-0.2, 0) is 32.7 Å². The van der Waals surface area contributed by atoms with E-state index in [1.807, 2.05) is 6.07 Å². The molecule has 0 saturated carbocycles. The number of benzene rings is 3. The molecule has 3 aromatic carbocycles. The van der Waals surface area contributed by atoms with Gasteiger partial charge in [0, 0.05) is 18.7 Å². The van der Waals surface area contributed by atoms with E-state index in [4.69, 9.17) is 9.47 Å². The minimum absolute atomic E-state index is 0.0285. The number of carbonyl (C=O) groups is 3. The molecule has 1 aliphatic heterocycles. The number of rotatable bonds is 7. The van der Waals surface area contributed by atoms with E-state index >= 15 is 0 Å². The highest BCUT2D eigenvalue weighted by molar-refractivity contribution is 6.05. The Labute approximate surface area is 222 Å². The fourth-order valence-electron chi connectivity index (χ4n) is 4.21. The molecule has 1 heterocycles. The summed E-state index contributed by atoms with van der Waals surface area (Å²) in [7, 11) is 0.957. The van der Waals surface area contributed by atoms with Gasteiger partial charge in [0.15, 0.2) is 0 Å². The highest BCUT2D eigenvalue weighted by Gasteiger charge is 2.48. The minimum Gasteiger partial charge on any atom is -0.471 e. The lowest BCUT2D eigenvalue weighted by atomic mass is 9.91. The van der Waals surface area contributed by atoms with E-state index in [0.29, 0.717) is 11.6 Å². The zero-order chi connectivity index (χ0) is 28.2. The number of methoxy groups -OCH3 is 1. The number of alkyl halides is 3. The van der Waals surface area contributed by atoms with E-state index in [2.05, 4.69) is 10.1 Å². The molecule has 204 valence electrons. The van der Waals surface area contributed by atoms with Crippen LogP contribution in [0.5, 0.6) is 5.75 Å². The van der Waals surface area contributed by atoms with Gasteiger partial charge in [-0.3, -0.25) is 4.79 Å². The molecular formula is C28H25F3N2O6. The molecule has 0 spiro atoms. The maximum absolute atomic E-state index is 13.9. The van der Waals surface area contributed by atoms with E-state index in [9.17, 15) is 27.6 Å². The smallest absolute Gasteiger partial charge is 0.417 e. The van der Waals surface area contributed by atoms with Crippen molar-refractivity contribution in [3.8, 4) is 5.75 Å². The van der Waals surface area contributed by atoms with Crippen molar-refractivity contribution in [3.05, 3.63) is 95.1 Å². The molecule has 0 bridgehead atoms. The lowest BCUT2D eigenvalue weighted by Gasteiger charge is -2.41. The summed E-state index contributed by atoms with van der Waals surface area (Å²) in [5.41, 5.74) is -2.60. The van der Waals surface area contributed by atoms with Gasteiger partial charge in [0.1, 0.15) is 12.4 Å². The van der Waals surface area contributed by atoms with Crippen molar-refractivity contribution >= 4 is 23.7 Å². The van der Waals surface area contributed by atoms with Gasteiger partial charge in [0.25, 0.3) is 5.91 Å². The van der Waals surface area contributed by atoms with Crippen LogP contribution in [0.15, 0.2) is 72.8 Å². The Morgan fingerprint density at radius 2 is 1.67 bits per heavy atom. The quantitative estimate of drug-likeness (QED) is 0.420. The topological polar surface area (TPSA) is 94.2 Å². The molecule has 4 rings (SSSR count). The Hall–Kier alpha value is -4.54. The van der Waals surface area contributed by atoms with Crippen LogP contribution < -0.4 is 15.0 Å². The first-order valence-electron chi connectivity index (χ1n) is 11.9. The van der Waals surface area contributed by atoms with Gasteiger partial charge >= 0.3 is 18.2 Å². The monoisotopic (exact) mass is 542 g/mol. The van der Waals surface area contributed by atoms with Crippen molar-refractivity contribution in [1.29, 1.82) is 0 Å². The standard InChI is InChI=1S/C28H25F3N2O6/c1-27(19-11-7-4-8-12-19)25(35)33(14-13-32-26(36)38-17-18-9-5-3-6-10-18)22-15-20(24(34)37-2)21(28(29,30)31)16-23(22)39-27/h3-12,15-16H,13-14,17H2,1-2H3,(H,32,36). The summed E-state index contributed by atoms with van der Waals surface area (Å²) in [5, 5.41) is 2.54. The average molecular weight is 543 g/mol.